The van der Waals surface area contributed by atoms with Gasteiger partial charge in [0.15, 0.2) is 0 Å². The van der Waals surface area contributed by atoms with Gasteiger partial charge in [0, 0.05) is 31.4 Å². The minimum absolute atomic E-state index is 0.516. The first kappa shape index (κ1) is 12.4. The predicted octanol–water partition coefficient (Wildman–Crippen LogP) is 1.72. The lowest BCUT2D eigenvalue weighted by atomic mass is 9.96. The molecule has 1 aromatic rings. The molecule has 3 heteroatoms. The first-order valence-electron chi connectivity index (χ1n) is 6.38. The van der Waals surface area contributed by atoms with E-state index in [0.717, 1.165) is 19.6 Å². The van der Waals surface area contributed by atoms with Gasteiger partial charge in [0.2, 0.25) is 0 Å². The van der Waals surface area contributed by atoms with Gasteiger partial charge in [0.05, 0.1) is 0 Å². The Kier molecular flexibility index (Phi) is 4.02. The predicted molar refractivity (Wildman–Crippen MR) is 73.6 cm³/mol. The molecule has 1 unspecified atom stereocenters. The first-order chi connectivity index (χ1) is 8.22. The molecule has 2 rings (SSSR count). The molecule has 1 aliphatic rings. The zero-order valence-electron chi connectivity index (χ0n) is 11.1. The quantitative estimate of drug-likeness (QED) is 0.854. The van der Waals surface area contributed by atoms with Crippen molar-refractivity contribution in [2.45, 2.75) is 12.5 Å². The Bertz CT molecular complexity index is 362. The average molecular weight is 233 g/mol. The third kappa shape index (κ3) is 2.79. The first-order valence-corrected chi connectivity index (χ1v) is 6.38. The van der Waals surface area contributed by atoms with Crippen LogP contribution in [0, 0.1) is 0 Å². The lowest BCUT2D eigenvalue weighted by Crippen LogP contribution is -2.38. The lowest BCUT2D eigenvalue weighted by molar-refractivity contribution is 0.406. The van der Waals surface area contributed by atoms with Gasteiger partial charge in [0.1, 0.15) is 0 Å². The van der Waals surface area contributed by atoms with Crippen LogP contribution in [0.3, 0.4) is 0 Å². The monoisotopic (exact) mass is 233 g/mol. The summed E-state index contributed by atoms with van der Waals surface area (Å²) in [7, 11) is 6.31. The topological polar surface area (TPSA) is 18.5 Å². The fraction of sp³-hybridized carbons (Fsp3) is 0.571. The van der Waals surface area contributed by atoms with Gasteiger partial charge in [-0.2, -0.15) is 0 Å². The van der Waals surface area contributed by atoms with E-state index in [9.17, 15) is 0 Å². The van der Waals surface area contributed by atoms with E-state index in [4.69, 9.17) is 0 Å². The zero-order chi connectivity index (χ0) is 12.3. The van der Waals surface area contributed by atoms with Crippen LogP contribution in [-0.2, 0) is 0 Å². The van der Waals surface area contributed by atoms with Crippen LogP contribution < -0.4 is 10.2 Å². The standard InChI is InChI=1S/C14H23N3/c1-15-13-8-9-17(11-10-16(2)3)14-7-5-4-6-12(13)14/h4-7,13,15H,8-11H2,1-3H3. The maximum Gasteiger partial charge on any atom is 0.0415 e. The molecule has 1 atom stereocenters. The number of benzene rings is 1. The van der Waals surface area contributed by atoms with Crippen LogP contribution in [0.2, 0.25) is 0 Å². The summed E-state index contributed by atoms with van der Waals surface area (Å²) >= 11 is 0. The van der Waals surface area contributed by atoms with Gasteiger partial charge in [0.25, 0.3) is 0 Å². The van der Waals surface area contributed by atoms with E-state index in [2.05, 4.69) is 60.5 Å². The summed E-state index contributed by atoms with van der Waals surface area (Å²) < 4.78 is 0. The maximum atomic E-state index is 3.41. The molecule has 3 nitrogen and oxygen atoms in total. The van der Waals surface area contributed by atoms with Crippen molar-refractivity contribution in [1.82, 2.24) is 10.2 Å². The molecule has 0 fully saturated rings. The maximum absolute atomic E-state index is 3.41. The van der Waals surface area contributed by atoms with Gasteiger partial charge >= 0.3 is 0 Å². The number of rotatable bonds is 4. The number of likely N-dealkylation sites (N-methyl/N-ethyl adjacent to an activating group) is 1. The highest BCUT2D eigenvalue weighted by molar-refractivity contribution is 5.56. The van der Waals surface area contributed by atoms with Crippen molar-refractivity contribution in [2.24, 2.45) is 0 Å². The second-order valence-corrected chi connectivity index (χ2v) is 4.98. The highest BCUT2D eigenvalue weighted by Crippen LogP contribution is 2.32. The SMILES string of the molecule is CNC1CCN(CCN(C)C)c2ccccc21. The highest BCUT2D eigenvalue weighted by atomic mass is 15.2. The van der Waals surface area contributed by atoms with Crippen LogP contribution in [0.1, 0.15) is 18.0 Å². The van der Waals surface area contributed by atoms with Gasteiger partial charge in [-0.25, -0.2) is 0 Å². The van der Waals surface area contributed by atoms with E-state index in [-0.39, 0.29) is 0 Å². The number of nitrogens with zero attached hydrogens (tertiary/aromatic N) is 2. The Hall–Kier alpha value is -1.06. The molecule has 0 aromatic heterocycles. The van der Waals surface area contributed by atoms with E-state index in [1.807, 2.05) is 0 Å². The highest BCUT2D eigenvalue weighted by Gasteiger charge is 2.22. The van der Waals surface area contributed by atoms with Crippen LogP contribution in [0.15, 0.2) is 24.3 Å². The van der Waals surface area contributed by atoms with Crippen molar-refractivity contribution < 1.29 is 0 Å². The van der Waals surface area contributed by atoms with E-state index in [1.165, 1.54) is 17.7 Å². The van der Waals surface area contributed by atoms with Gasteiger partial charge in [-0.1, -0.05) is 18.2 Å². The summed E-state index contributed by atoms with van der Waals surface area (Å²) in [4.78, 5) is 4.75. The van der Waals surface area contributed by atoms with Crippen LogP contribution >= 0.6 is 0 Å². The number of anilines is 1. The Balaban J connectivity index is 2.16. The molecule has 17 heavy (non-hydrogen) atoms. The van der Waals surface area contributed by atoms with Crippen LogP contribution in [0.25, 0.3) is 0 Å². The van der Waals surface area contributed by atoms with Crippen molar-refractivity contribution in [3.05, 3.63) is 29.8 Å². The molecule has 0 aliphatic carbocycles. The summed E-state index contributed by atoms with van der Waals surface area (Å²) in [6.45, 7) is 3.37. The number of para-hydroxylation sites is 1. The smallest absolute Gasteiger partial charge is 0.0415 e. The van der Waals surface area contributed by atoms with Crippen molar-refractivity contribution in [2.75, 3.05) is 45.7 Å². The molecule has 0 radical (unpaired) electrons. The Morgan fingerprint density at radius 1 is 1.35 bits per heavy atom. The third-order valence-corrected chi connectivity index (χ3v) is 3.51. The van der Waals surface area contributed by atoms with E-state index in [0.29, 0.717) is 6.04 Å². The summed E-state index contributed by atoms with van der Waals surface area (Å²) in [6.07, 6.45) is 1.20. The molecule has 94 valence electrons. The zero-order valence-corrected chi connectivity index (χ0v) is 11.1. The summed E-state index contributed by atoms with van der Waals surface area (Å²) in [5, 5.41) is 3.41. The third-order valence-electron chi connectivity index (χ3n) is 3.51. The van der Waals surface area contributed by atoms with Gasteiger partial charge in [-0.05, 0) is 39.2 Å². The van der Waals surface area contributed by atoms with Crippen LogP contribution in [0.4, 0.5) is 5.69 Å². The van der Waals surface area contributed by atoms with Gasteiger partial charge in [-0.3, -0.25) is 0 Å². The molecule has 0 amide bonds. The second kappa shape index (κ2) is 5.52. The number of hydrogen-bond acceptors (Lipinski definition) is 3. The lowest BCUT2D eigenvalue weighted by Gasteiger charge is -2.36. The minimum Gasteiger partial charge on any atom is -0.370 e. The molecule has 0 saturated heterocycles. The van der Waals surface area contributed by atoms with E-state index < -0.39 is 0 Å². The van der Waals surface area contributed by atoms with E-state index in [1.54, 1.807) is 0 Å². The Morgan fingerprint density at radius 3 is 2.82 bits per heavy atom. The van der Waals surface area contributed by atoms with E-state index >= 15 is 0 Å². The Labute approximate surface area is 104 Å². The molecule has 1 aromatic carbocycles. The molecular formula is C14H23N3. The van der Waals surface area contributed by atoms with Gasteiger partial charge < -0.3 is 15.1 Å². The van der Waals surface area contributed by atoms with Crippen molar-refractivity contribution in [3.63, 3.8) is 0 Å². The molecule has 1 N–H and O–H groups in total. The Morgan fingerprint density at radius 2 is 2.12 bits per heavy atom. The molecule has 1 aliphatic heterocycles. The fourth-order valence-corrected chi connectivity index (χ4v) is 2.48. The largest absolute Gasteiger partial charge is 0.370 e. The van der Waals surface area contributed by atoms with Crippen molar-refractivity contribution >= 4 is 5.69 Å². The number of fused-ring (bicyclic) bond motifs is 1. The van der Waals surface area contributed by atoms with Crippen LogP contribution in [-0.4, -0.2) is 45.7 Å². The number of nitrogens with one attached hydrogen (secondary N) is 1. The molecule has 0 bridgehead atoms. The number of hydrogen-bond donors (Lipinski definition) is 1. The fourth-order valence-electron chi connectivity index (χ4n) is 2.48. The van der Waals surface area contributed by atoms with Crippen molar-refractivity contribution in [3.8, 4) is 0 Å². The normalized spacial score (nSPS) is 19.5. The van der Waals surface area contributed by atoms with Crippen molar-refractivity contribution in [1.29, 1.82) is 0 Å². The summed E-state index contributed by atoms with van der Waals surface area (Å²) in [6, 6.07) is 9.28. The van der Waals surface area contributed by atoms with Crippen LogP contribution in [0.5, 0.6) is 0 Å². The average Bonchev–Trinajstić information content (AvgIpc) is 2.35. The second-order valence-electron chi connectivity index (χ2n) is 4.98. The summed E-state index contributed by atoms with van der Waals surface area (Å²) in [5.41, 5.74) is 2.85. The molecule has 1 heterocycles. The summed E-state index contributed by atoms with van der Waals surface area (Å²) in [5.74, 6) is 0. The molecular weight excluding hydrogens is 210 g/mol. The molecule has 0 spiro atoms. The van der Waals surface area contributed by atoms with Gasteiger partial charge in [-0.15, -0.1) is 0 Å². The minimum atomic E-state index is 0.516. The molecule has 0 saturated carbocycles.